The maximum Gasteiger partial charge on any atom is 0.162 e. The summed E-state index contributed by atoms with van der Waals surface area (Å²) in [7, 11) is 0. The quantitative estimate of drug-likeness (QED) is 0.515. The zero-order valence-electron chi connectivity index (χ0n) is 8.76. The van der Waals surface area contributed by atoms with Crippen LogP contribution in [0, 0.1) is 5.82 Å². The van der Waals surface area contributed by atoms with Crippen molar-refractivity contribution in [2.45, 2.75) is 0 Å². The zero-order chi connectivity index (χ0) is 12.1. The first kappa shape index (κ1) is 11.5. The van der Waals surface area contributed by atoms with Crippen molar-refractivity contribution in [1.29, 1.82) is 0 Å². The Morgan fingerprint density at radius 1 is 1.29 bits per heavy atom. The molecule has 1 aromatic heterocycles. The highest BCUT2D eigenvalue weighted by atomic mass is 32.1. The highest BCUT2D eigenvalue weighted by Gasteiger charge is 2.01. The Bertz CT molecular complexity index is 537. The Hall–Kier alpha value is -2.01. The molecule has 0 saturated heterocycles. The highest BCUT2D eigenvalue weighted by Crippen LogP contribution is 2.03. The molecule has 86 valence electrons. The van der Waals surface area contributed by atoms with Gasteiger partial charge in [-0.05, 0) is 18.2 Å². The van der Waals surface area contributed by atoms with Crippen LogP contribution in [-0.4, -0.2) is 11.2 Å². The first-order valence-corrected chi connectivity index (χ1v) is 5.29. The summed E-state index contributed by atoms with van der Waals surface area (Å²) in [5, 5.41) is 3.84. The third-order valence-electron chi connectivity index (χ3n) is 2.02. The number of halogens is 1. The lowest BCUT2D eigenvalue weighted by atomic mass is 10.2. The van der Waals surface area contributed by atoms with Crippen LogP contribution in [0.4, 0.5) is 4.39 Å². The van der Waals surface area contributed by atoms with Crippen LogP contribution >= 0.6 is 12.2 Å². The van der Waals surface area contributed by atoms with E-state index >= 15 is 0 Å². The molecule has 2 rings (SSSR count). The topological polar surface area (TPSA) is 37.5 Å². The first-order chi connectivity index (χ1) is 8.27. The van der Waals surface area contributed by atoms with Gasteiger partial charge in [0.25, 0.3) is 0 Å². The molecule has 0 bridgehead atoms. The minimum absolute atomic E-state index is 0.332. The fraction of sp³-hybridized carbons (Fsp3) is 0. The van der Waals surface area contributed by atoms with Gasteiger partial charge in [-0.25, -0.2) is 4.39 Å². The lowest BCUT2D eigenvalue weighted by Gasteiger charge is -1.98. The van der Waals surface area contributed by atoms with Crippen molar-refractivity contribution in [3.05, 3.63) is 59.8 Å². The summed E-state index contributed by atoms with van der Waals surface area (Å²) in [6.45, 7) is 0. The Balaban J connectivity index is 1.99. The molecule has 0 aliphatic heterocycles. The van der Waals surface area contributed by atoms with Gasteiger partial charge in [0.2, 0.25) is 0 Å². The number of furan rings is 1. The monoisotopic (exact) mass is 248 g/mol. The van der Waals surface area contributed by atoms with E-state index < -0.39 is 0 Å². The third kappa shape index (κ3) is 2.98. The highest BCUT2D eigenvalue weighted by molar-refractivity contribution is 7.80. The molecule has 0 atom stereocenters. The van der Waals surface area contributed by atoms with E-state index in [0.29, 0.717) is 16.3 Å². The summed E-state index contributed by atoms with van der Waals surface area (Å²) in [6.07, 6.45) is 2.88. The number of thiocarbonyl (C=S) groups is 1. The average Bonchev–Trinajstić information content (AvgIpc) is 2.85. The van der Waals surface area contributed by atoms with Crippen LogP contribution in [0.3, 0.4) is 0 Å². The minimum Gasteiger partial charge on any atom is -0.462 e. The number of nitrogens with one attached hydrogen (secondary N) is 1. The predicted molar refractivity (Wildman–Crippen MR) is 67.5 cm³/mol. The molecule has 0 aliphatic carbocycles. The van der Waals surface area contributed by atoms with E-state index in [4.69, 9.17) is 16.6 Å². The smallest absolute Gasteiger partial charge is 0.162 e. The standard InChI is InChI=1S/C12H9FN2OS/c13-10-5-2-1-4-9(10)8-14-15-12(17)11-6-3-7-16-11/h1-8H,(H,15,17)/b14-8+. The Labute approximate surface area is 103 Å². The zero-order valence-corrected chi connectivity index (χ0v) is 9.58. The molecular weight excluding hydrogens is 239 g/mol. The van der Waals surface area contributed by atoms with Crippen molar-refractivity contribution in [3.63, 3.8) is 0 Å². The van der Waals surface area contributed by atoms with Crippen LogP contribution in [0.15, 0.2) is 52.2 Å². The fourth-order valence-electron chi connectivity index (χ4n) is 1.20. The van der Waals surface area contributed by atoms with Crippen molar-refractivity contribution < 1.29 is 8.81 Å². The third-order valence-corrected chi connectivity index (χ3v) is 2.31. The second kappa shape index (κ2) is 5.36. The summed E-state index contributed by atoms with van der Waals surface area (Å²) in [6, 6.07) is 9.78. The van der Waals surface area contributed by atoms with Gasteiger partial charge >= 0.3 is 0 Å². The largest absolute Gasteiger partial charge is 0.462 e. The molecular formula is C12H9FN2OS. The van der Waals surface area contributed by atoms with E-state index in [2.05, 4.69) is 10.5 Å². The average molecular weight is 248 g/mol. The SMILES string of the molecule is Fc1ccccc1/C=N/NC(=S)c1ccco1. The Morgan fingerprint density at radius 3 is 2.82 bits per heavy atom. The number of hydrogen-bond acceptors (Lipinski definition) is 3. The molecule has 0 unspecified atom stereocenters. The van der Waals surface area contributed by atoms with Gasteiger partial charge < -0.3 is 4.42 Å². The normalized spacial score (nSPS) is 10.6. The van der Waals surface area contributed by atoms with Crippen molar-refractivity contribution in [2.24, 2.45) is 5.10 Å². The van der Waals surface area contributed by atoms with Gasteiger partial charge in [-0.3, -0.25) is 5.43 Å². The molecule has 5 heteroatoms. The van der Waals surface area contributed by atoms with Crippen LogP contribution in [0.5, 0.6) is 0 Å². The summed E-state index contributed by atoms with van der Waals surface area (Å²) < 4.78 is 18.3. The van der Waals surface area contributed by atoms with Crippen molar-refractivity contribution in [2.75, 3.05) is 0 Å². The van der Waals surface area contributed by atoms with E-state index in [-0.39, 0.29) is 5.82 Å². The van der Waals surface area contributed by atoms with E-state index in [1.54, 1.807) is 30.3 Å². The summed E-state index contributed by atoms with van der Waals surface area (Å²) in [5.41, 5.74) is 2.99. The molecule has 0 saturated carbocycles. The van der Waals surface area contributed by atoms with Gasteiger partial charge in [0, 0.05) is 5.56 Å². The molecule has 0 fully saturated rings. The van der Waals surface area contributed by atoms with Crippen LogP contribution < -0.4 is 5.43 Å². The van der Waals surface area contributed by atoms with Crippen LogP contribution in [0.25, 0.3) is 0 Å². The molecule has 0 radical (unpaired) electrons. The molecule has 0 aliphatic rings. The number of rotatable bonds is 3. The van der Waals surface area contributed by atoms with Gasteiger partial charge in [0.1, 0.15) is 5.82 Å². The van der Waals surface area contributed by atoms with Gasteiger partial charge in [0.05, 0.1) is 12.5 Å². The van der Waals surface area contributed by atoms with Crippen molar-refractivity contribution in [1.82, 2.24) is 5.43 Å². The minimum atomic E-state index is -0.332. The molecule has 1 aromatic carbocycles. The van der Waals surface area contributed by atoms with Crippen molar-refractivity contribution >= 4 is 23.4 Å². The van der Waals surface area contributed by atoms with Crippen LogP contribution in [0.1, 0.15) is 11.3 Å². The molecule has 3 nitrogen and oxygen atoms in total. The molecule has 1 heterocycles. The number of nitrogens with zero attached hydrogens (tertiary/aromatic N) is 1. The first-order valence-electron chi connectivity index (χ1n) is 4.89. The maximum absolute atomic E-state index is 13.2. The molecule has 2 aromatic rings. The number of hydrogen-bond donors (Lipinski definition) is 1. The summed E-state index contributed by atoms with van der Waals surface area (Å²) in [5.74, 6) is 0.188. The van der Waals surface area contributed by atoms with Crippen molar-refractivity contribution in [3.8, 4) is 0 Å². The summed E-state index contributed by atoms with van der Waals surface area (Å²) >= 11 is 5.01. The maximum atomic E-state index is 13.2. The molecule has 1 N–H and O–H groups in total. The van der Waals surface area contributed by atoms with E-state index in [1.165, 1.54) is 18.5 Å². The number of benzene rings is 1. The fourth-order valence-corrected chi connectivity index (χ4v) is 1.37. The van der Waals surface area contributed by atoms with Crippen LogP contribution in [-0.2, 0) is 0 Å². The second-order valence-corrected chi connectivity index (χ2v) is 3.61. The summed E-state index contributed by atoms with van der Waals surface area (Å²) in [4.78, 5) is 0.350. The Kier molecular flexibility index (Phi) is 3.62. The molecule has 17 heavy (non-hydrogen) atoms. The van der Waals surface area contributed by atoms with E-state index in [1.807, 2.05) is 0 Å². The predicted octanol–water partition coefficient (Wildman–Crippen LogP) is 2.72. The second-order valence-electron chi connectivity index (χ2n) is 3.20. The van der Waals surface area contributed by atoms with Gasteiger partial charge in [0.15, 0.2) is 10.7 Å². The van der Waals surface area contributed by atoms with Gasteiger partial charge in [-0.2, -0.15) is 5.10 Å². The molecule has 0 amide bonds. The van der Waals surface area contributed by atoms with Crippen LogP contribution in [0.2, 0.25) is 0 Å². The van der Waals surface area contributed by atoms with E-state index in [9.17, 15) is 4.39 Å². The van der Waals surface area contributed by atoms with E-state index in [0.717, 1.165) is 0 Å². The van der Waals surface area contributed by atoms with Gasteiger partial charge in [-0.15, -0.1) is 0 Å². The lowest BCUT2D eigenvalue weighted by molar-refractivity contribution is 0.556. The Morgan fingerprint density at radius 2 is 2.12 bits per heavy atom. The molecule has 0 spiro atoms. The lowest BCUT2D eigenvalue weighted by Crippen LogP contribution is -2.15. The van der Waals surface area contributed by atoms with Gasteiger partial charge in [-0.1, -0.05) is 30.4 Å². The number of hydrazone groups is 1.